The second kappa shape index (κ2) is 10.6. The van der Waals surface area contributed by atoms with Gasteiger partial charge < -0.3 is 34.2 Å². The van der Waals surface area contributed by atoms with Crippen molar-refractivity contribution in [2.75, 3.05) is 17.9 Å². The number of anilines is 1. The Bertz CT molecular complexity index is 1350. The molecule has 6 N–H and O–H groups in total. The molecule has 1 aliphatic rings. The van der Waals surface area contributed by atoms with E-state index in [1.54, 1.807) is 6.21 Å². The number of aliphatic hydroxyl groups is 2. The summed E-state index contributed by atoms with van der Waals surface area (Å²) in [6.45, 7) is -0.738. The second-order valence-electron chi connectivity index (χ2n) is 7.73. The predicted molar refractivity (Wildman–Crippen MR) is 127 cm³/mol. The van der Waals surface area contributed by atoms with E-state index in [0.717, 1.165) is 10.2 Å². The predicted octanol–water partition coefficient (Wildman–Crippen LogP) is 0.882. The fourth-order valence-corrected chi connectivity index (χ4v) is 6.14. The van der Waals surface area contributed by atoms with Crippen molar-refractivity contribution in [3.8, 4) is 0 Å². The molecule has 0 aliphatic carbocycles. The van der Waals surface area contributed by atoms with Crippen LogP contribution in [0.3, 0.4) is 0 Å². The van der Waals surface area contributed by atoms with Crippen molar-refractivity contribution in [2.24, 2.45) is 5.10 Å². The van der Waals surface area contributed by atoms with Gasteiger partial charge in [-0.3, -0.25) is 14.6 Å². The number of nitrogens with one attached hydrogen (secondary N) is 1. The molecule has 0 radical (unpaired) electrons. The highest BCUT2D eigenvalue weighted by Gasteiger charge is 2.46. The number of fused-ring (bicyclic) bond motifs is 1. The van der Waals surface area contributed by atoms with Crippen LogP contribution in [0.4, 0.5) is 5.82 Å². The Kier molecular flexibility index (Phi) is 7.88. The average Bonchev–Trinajstić information content (AvgIpc) is 3.32. The van der Waals surface area contributed by atoms with Gasteiger partial charge in [0.05, 0.1) is 24.4 Å². The van der Waals surface area contributed by atoms with E-state index in [-0.39, 0.29) is 16.7 Å². The normalized spacial score (nSPS) is 24.4. The van der Waals surface area contributed by atoms with Crippen LogP contribution in [0.1, 0.15) is 11.8 Å². The molecular weight excluding hydrogens is 542 g/mol. The van der Waals surface area contributed by atoms with Gasteiger partial charge in [0.2, 0.25) is 5.28 Å². The molecule has 5 atom stereocenters. The Labute approximate surface area is 208 Å². The lowest BCUT2D eigenvalue weighted by Crippen LogP contribution is -2.33. The minimum absolute atomic E-state index is 0.125. The van der Waals surface area contributed by atoms with E-state index in [4.69, 9.17) is 30.6 Å². The highest BCUT2D eigenvalue weighted by atomic mass is 35.5. The van der Waals surface area contributed by atoms with Gasteiger partial charge in [0.15, 0.2) is 23.6 Å². The highest BCUT2D eigenvalue weighted by molar-refractivity contribution is 7.70. The number of nitrogens with zero attached hydrogens (tertiary/aromatic N) is 5. The molecule has 2 aromatic heterocycles. The zero-order valence-electron chi connectivity index (χ0n) is 18.1. The Morgan fingerprint density at radius 1 is 1.17 bits per heavy atom. The van der Waals surface area contributed by atoms with Crippen LogP contribution in [0.15, 0.2) is 41.6 Å². The zero-order valence-corrected chi connectivity index (χ0v) is 20.7. The van der Waals surface area contributed by atoms with E-state index in [1.165, 1.54) is 6.20 Å². The Morgan fingerprint density at radius 2 is 1.89 bits per heavy atom. The number of aromatic nitrogens is 4. The largest absolute Gasteiger partial charge is 0.387 e. The maximum Gasteiger partial charge on any atom is 0.340 e. The first-order valence-electron chi connectivity index (χ1n) is 10.2. The number of benzene rings is 1. The van der Waals surface area contributed by atoms with E-state index >= 15 is 0 Å². The van der Waals surface area contributed by atoms with Gasteiger partial charge in [-0.2, -0.15) is 20.2 Å². The van der Waals surface area contributed by atoms with Gasteiger partial charge in [-0.1, -0.05) is 30.3 Å². The van der Waals surface area contributed by atoms with Gasteiger partial charge >= 0.3 is 15.2 Å². The number of aliphatic hydroxyl groups excluding tert-OH is 2. The third kappa shape index (κ3) is 6.33. The first-order valence-corrected chi connectivity index (χ1v) is 14.1. The van der Waals surface area contributed by atoms with Crippen molar-refractivity contribution in [3.63, 3.8) is 0 Å². The van der Waals surface area contributed by atoms with Crippen LogP contribution in [0.5, 0.6) is 0 Å². The fraction of sp³-hybridized carbons (Fsp3) is 0.333. The maximum atomic E-state index is 11.9. The second-order valence-corrected chi connectivity index (χ2v) is 12.1. The van der Waals surface area contributed by atoms with Gasteiger partial charge in [0.1, 0.15) is 18.3 Å². The summed E-state index contributed by atoms with van der Waals surface area (Å²) in [4.78, 5) is 35.6. The summed E-state index contributed by atoms with van der Waals surface area (Å²) in [7, 11) is -9.53. The van der Waals surface area contributed by atoms with E-state index in [1.807, 2.05) is 30.3 Å². The molecule has 18 heteroatoms. The molecule has 15 nitrogen and oxygen atoms in total. The molecule has 0 bridgehead atoms. The SMILES string of the molecule is O=P(O)(O)CP(=O)(O)OC[C@H]1O[C@@H](n2ncc3c(N/N=C/c4ccccc4)nc(Cl)nc32)[C@H](O)[C@@H]1O. The number of hydrogen-bond acceptors (Lipinski definition) is 11. The van der Waals surface area contributed by atoms with Gasteiger partial charge in [-0.05, 0) is 17.2 Å². The molecule has 194 valence electrons. The van der Waals surface area contributed by atoms with Crippen molar-refractivity contribution < 1.29 is 43.3 Å². The summed E-state index contributed by atoms with van der Waals surface area (Å²) in [5, 5.41) is 29.3. The Balaban J connectivity index is 1.52. The lowest BCUT2D eigenvalue weighted by atomic mass is 10.1. The van der Waals surface area contributed by atoms with Crippen LogP contribution in [-0.4, -0.2) is 81.7 Å². The molecule has 0 amide bonds. The van der Waals surface area contributed by atoms with Crippen LogP contribution >= 0.6 is 26.8 Å². The Morgan fingerprint density at radius 3 is 2.58 bits per heavy atom. The lowest BCUT2D eigenvalue weighted by molar-refractivity contribution is -0.0541. The summed E-state index contributed by atoms with van der Waals surface area (Å²) in [5.41, 5.74) is 3.70. The molecular formula is C18H21ClN6O9P2. The minimum Gasteiger partial charge on any atom is -0.387 e. The van der Waals surface area contributed by atoms with E-state index in [9.17, 15) is 24.2 Å². The number of halogens is 1. The van der Waals surface area contributed by atoms with Crippen LogP contribution in [0.2, 0.25) is 5.28 Å². The molecule has 36 heavy (non-hydrogen) atoms. The molecule has 1 saturated heterocycles. The van der Waals surface area contributed by atoms with Gasteiger partial charge in [0, 0.05) is 0 Å². The van der Waals surface area contributed by atoms with Gasteiger partial charge in [0.25, 0.3) is 0 Å². The summed E-state index contributed by atoms with van der Waals surface area (Å²) in [5.74, 6) is -1.20. The molecule has 1 unspecified atom stereocenters. The third-order valence-corrected chi connectivity index (χ3v) is 8.62. The molecule has 0 saturated carbocycles. The number of ether oxygens (including phenoxy) is 1. The summed E-state index contributed by atoms with van der Waals surface area (Å²) in [6, 6.07) is 9.25. The highest BCUT2D eigenvalue weighted by Crippen LogP contribution is 2.55. The minimum atomic E-state index is -4.84. The summed E-state index contributed by atoms with van der Waals surface area (Å²) in [6.07, 6.45) is -2.87. The van der Waals surface area contributed by atoms with Crippen LogP contribution in [-0.2, 0) is 18.4 Å². The number of rotatable bonds is 9. The quantitative estimate of drug-likeness (QED) is 0.0923. The van der Waals surface area contributed by atoms with Crippen LogP contribution in [0.25, 0.3) is 11.0 Å². The number of hydrazone groups is 1. The molecule has 4 rings (SSSR count). The van der Waals surface area contributed by atoms with Crippen molar-refractivity contribution in [1.29, 1.82) is 0 Å². The van der Waals surface area contributed by atoms with Crippen molar-refractivity contribution >= 4 is 49.9 Å². The van der Waals surface area contributed by atoms with Gasteiger partial charge in [-0.15, -0.1) is 0 Å². The molecule has 3 aromatic rings. The molecule has 1 fully saturated rings. The van der Waals surface area contributed by atoms with Crippen LogP contribution < -0.4 is 5.43 Å². The topological polar surface area (TPSA) is 222 Å². The van der Waals surface area contributed by atoms with Crippen molar-refractivity contribution in [2.45, 2.75) is 24.5 Å². The molecule has 3 heterocycles. The zero-order chi connectivity index (χ0) is 26.1. The average molecular weight is 563 g/mol. The monoisotopic (exact) mass is 562 g/mol. The van der Waals surface area contributed by atoms with Crippen molar-refractivity contribution in [3.05, 3.63) is 47.4 Å². The smallest absolute Gasteiger partial charge is 0.340 e. The summed E-state index contributed by atoms with van der Waals surface area (Å²) >= 11 is 6.05. The molecule has 1 aromatic carbocycles. The van der Waals surface area contributed by atoms with Crippen molar-refractivity contribution in [1.82, 2.24) is 19.7 Å². The third-order valence-electron chi connectivity index (χ3n) is 4.99. The van der Waals surface area contributed by atoms with E-state index in [2.05, 4.69) is 25.6 Å². The first-order chi connectivity index (χ1) is 16.9. The van der Waals surface area contributed by atoms with Gasteiger partial charge in [-0.25, -0.2) is 4.68 Å². The molecule has 1 aliphatic heterocycles. The maximum absolute atomic E-state index is 11.9. The standard InChI is InChI=1S/C18H21ClN6O9P2/c19-18-22-15(24-20-6-10-4-2-1-3-5-10)11-7-21-25(16(11)23-18)17-14(27)13(26)12(34-17)8-33-36(31,32)9-35(28,29)30/h1-7,12-14,17,26-27H,8-9H2,(H,31,32)(H,22,23,24)(H2,28,29,30)/b20-6+/t12-,13-,14-,17-/m1/s1. The van der Waals surface area contributed by atoms with E-state index < -0.39 is 52.2 Å². The van der Waals surface area contributed by atoms with E-state index in [0.29, 0.717) is 5.39 Å². The lowest BCUT2D eigenvalue weighted by Gasteiger charge is -2.18. The Hall–Kier alpha value is -2.29. The summed E-state index contributed by atoms with van der Waals surface area (Å²) < 4.78 is 34.3. The first kappa shape index (κ1) is 26.8. The molecule has 0 spiro atoms. The number of hydrogen-bond donors (Lipinski definition) is 6. The van der Waals surface area contributed by atoms with Crippen LogP contribution in [0, 0.1) is 0 Å². The fourth-order valence-electron chi connectivity index (χ4n) is 3.41.